The summed E-state index contributed by atoms with van der Waals surface area (Å²) in [7, 11) is 0. The average molecular weight is 259 g/mol. The summed E-state index contributed by atoms with van der Waals surface area (Å²) in [5.41, 5.74) is 1.23. The van der Waals surface area contributed by atoms with Gasteiger partial charge < -0.3 is 9.64 Å². The molecular weight excluding hydrogens is 246 g/mol. The standard InChI is InChI=1S/C12H13N5O2/c18-12(10-7-13-3-4-14-10)17-5-6-19-11(8-17)9-1-2-15-16-9/h1-4,7,11H,5-6,8H2,(H,15,16). The number of rotatable bonds is 2. The monoisotopic (exact) mass is 259 g/mol. The first-order valence-electron chi connectivity index (χ1n) is 6.01. The Bertz CT molecular complexity index is 543. The maximum absolute atomic E-state index is 12.3. The maximum Gasteiger partial charge on any atom is 0.274 e. The third-order valence-corrected chi connectivity index (χ3v) is 3.01. The molecular formula is C12H13N5O2. The van der Waals surface area contributed by atoms with E-state index in [9.17, 15) is 4.79 Å². The van der Waals surface area contributed by atoms with Gasteiger partial charge in [0.15, 0.2) is 0 Å². The van der Waals surface area contributed by atoms with Crippen molar-refractivity contribution < 1.29 is 9.53 Å². The van der Waals surface area contributed by atoms with Crippen LogP contribution in [0.1, 0.15) is 22.3 Å². The zero-order chi connectivity index (χ0) is 13.1. The number of morpholine rings is 1. The number of carbonyl (C=O) groups excluding carboxylic acids is 1. The van der Waals surface area contributed by atoms with E-state index in [1.807, 2.05) is 6.07 Å². The lowest BCUT2D eigenvalue weighted by Crippen LogP contribution is -2.42. The van der Waals surface area contributed by atoms with Crippen molar-refractivity contribution in [1.82, 2.24) is 25.1 Å². The number of aromatic amines is 1. The first kappa shape index (κ1) is 11.8. The Hall–Kier alpha value is -2.28. The van der Waals surface area contributed by atoms with E-state index in [1.54, 1.807) is 17.3 Å². The summed E-state index contributed by atoms with van der Waals surface area (Å²) < 4.78 is 5.64. The Balaban J connectivity index is 1.73. The number of H-pyrrole nitrogens is 1. The molecule has 3 rings (SSSR count). The Labute approximate surface area is 109 Å². The molecule has 2 aromatic rings. The highest BCUT2D eigenvalue weighted by molar-refractivity contribution is 5.92. The summed E-state index contributed by atoms with van der Waals surface area (Å²) in [6.07, 6.45) is 6.03. The second-order valence-electron chi connectivity index (χ2n) is 4.21. The Morgan fingerprint density at radius 3 is 3.11 bits per heavy atom. The van der Waals surface area contributed by atoms with Crippen molar-refractivity contribution >= 4 is 5.91 Å². The summed E-state index contributed by atoms with van der Waals surface area (Å²) in [4.78, 5) is 21.9. The van der Waals surface area contributed by atoms with Crippen LogP contribution in [0.15, 0.2) is 30.9 Å². The molecule has 0 bridgehead atoms. The highest BCUT2D eigenvalue weighted by Crippen LogP contribution is 2.20. The quantitative estimate of drug-likeness (QED) is 0.844. The van der Waals surface area contributed by atoms with Crippen molar-refractivity contribution in [3.05, 3.63) is 42.2 Å². The molecule has 19 heavy (non-hydrogen) atoms. The number of hydrogen-bond donors (Lipinski definition) is 1. The van der Waals surface area contributed by atoms with Crippen LogP contribution in [-0.4, -0.2) is 50.7 Å². The second-order valence-corrected chi connectivity index (χ2v) is 4.21. The first-order valence-corrected chi connectivity index (χ1v) is 6.01. The van der Waals surface area contributed by atoms with Gasteiger partial charge in [-0.25, -0.2) is 4.98 Å². The van der Waals surface area contributed by atoms with Gasteiger partial charge in [-0.1, -0.05) is 0 Å². The van der Waals surface area contributed by atoms with Crippen molar-refractivity contribution in [2.45, 2.75) is 6.10 Å². The molecule has 1 amide bonds. The van der Waals surface area contributed by atoms with E-state index in [4.69, 9.17) is 4.74 Å². The van der Waals surface area contributed by atoms with Gasteiger partial charge in [0.25, 0.3) is 5.91 Å². The maximum atomic E-state index is 12.3. The summed E-state index contributed by atoms with van der Waals surface area (Å²) >= 11 is 0. The molecule has 98 valence electrons. The highest BCUT2D eigenvalue weighted by atomic mass is 16.5. The molecule has 3 heterocycles. The van der Waals surface area contributed by atoms with E-state index in [0.29, 0.717) is 25.4 Å². The normalized spacial score (nSPS) is 19.4. The molecule has 7 nitrogen and oxygen atoms in total. The van der Waals surface area contributed by atoms with Gasteiger partial charge >= 0.3 is 0 Å². The fraction of sp³-hybridized carbons (Fsp3) is 0.333. The molecule has 1 aliphatic rings. The molecule has 1 unspecified atom stereocenters. The number of carbonyl (C=O) groups is 1. The van der Waals surface area contributed by atoms with Gasteiger partial charge in [0.05, 0.1) is 25.0 Å². The van der Waals surface area contributed by atoms with Gasteiger partial charge in [0, 0.05) is 25.1 Å². The number of ether oxygens (including phenoxy) is 1. The lowest BCUT2D eigenvalue weighted by atomic mass is 10.2. The Kier molecular flexibility index (Phi) is 3.20. The van der Waals surface area contributed by atoms with Crippen LogP contribution in [0.4, 0.5) is 0 Å². The lowest BCUT2D eigenvalue weighted by Gasteiger charge is -2.32. The van der Waals surface area contributed by atoms with E-state index < -0.39 is 0 Å². The van der Waals surface area contributed by atoms with Crippen LogP contribution in [-0.2, 0) is 4.74 Å². The molecule has 1 atom stereocenters. The van der Waals surface area contributed by atoms with Gasteiger partial charge in [-0.2, -0.15) is 5.10 Å². The topological polar surface area (TPSA) is 84.0 Å². The molecule has 0 radical (unpaired) electrons. The van der Waals surface area contributed by atoms with Crippen LogP contribution in [0.3, 0.4) is 0 Å². The van der Waals surface area contributed by atoms with Crippen molar-refractivity contribution in [3.63, 3.8) is 0 Å². The van der Waals surface area contributed by atoms with Gasteiger partial charge in [-0.3, -0.25) is 14.9 Å². The van der Waals surface area contributed by atoms with Crippen molar-refractivity contribution in [1.29, 1.82) is 0 Å². The predicted molar refractivity (Wildman–Crippen MR) is 65.2 cm³/mol. The van der Waals surface area contributed by atoms with E-state index in [2.05, 4.69) is 20.2 Å². The van der Waals surface area contributed by atoms with E-state index in [0.717, 1.165) is 5.69 Å². The van der Waals surface area contributed by atoms with Crippen LogP contribution in [0.2, 0.25) is 0 Å². The molecule has 1 fully saturated rings. The third kappa shape index (κ3) is 2.45. The summed E-state index contributed by atoms with van der Waals surface area (Å²) in [6.45, 7) is 1.54. The van der Waals surface area contributed by atoms with Gasteiger partial charge in [-0.15, -0.1) is 0 Å². The van der Waals surface area contributed by atoms with Crippen LogP contribution in [0.5, 0.6) is 0 Å². The minimum atomic E-state index is -0.170. The zero-order valence-electron chi connectivity index (χ0n) is 10.2. The number of hydrogen-bond acceptors (Lipinski definition) is 5. The summed E-state index contributed by atoms with van der Waals surface area (Å²) in [5.74, 6) is -0.124. The largest absolute Gasteiger partial charge is 0.368 e. The lowest BCUT2D eigenvalue weighted by molar-refractivity contribution is -0.0249. The van der Waals surface area contributed by atoms with E-state index in [-0.39, 0.29) is 12.0 Å². The molecule has 0 aliphatic carbocycles. The highest BCUT2D eigenvalue weighted by Gasteiger charge is 2.27. The van der Waals surface area contributed by atoms with Gasteiger partial charge in [0.1, 0.15) is 11.8 Å². The second kappa shape index (κ2) is 5.15. The van der Waals surface area contributed by atoms with Crippen molar-refractivity contribution in [3.8, 4) is 0 Å². The third-order valence-electron chi connectivity index (χ3n) is 3.01. The average Bonchev–Trinajstić information content (AvgIpc) is 3.02. The molecule has 1 aliphatic heterocycles. The number of amides is 1. The summed E-state index contributed by atoms with van der Waals surface area (Å²) in [5, 5.41) is 6.76. The fourth-order valence-electron chi connectivity index (χ4n) is 2.04. The van der Waals surface area contributed by atoms with Crippen molar-refractivity contribution in [2.24, 2.45) is 0 Å². The number of nitrogens with zero attached hydrogens (tertiary/aromatic N) is 4. The predicted octanol–water partition coefficient (Wildman–Crippen LogP) is 0.413. The first-order chi connectivity index (χ1) is 9.34. The molecule has 0 spiro atoms. The van der Waals surface area contributed by atoms with Gasteiger partial charge in [0.2, 0.25) is 0 Å². The van der Waals surface area contributed by atoms with Crippen LogP contribution in [0, 0.1) is 0 Å². The minimum Gasteiger partial charge on any atom is -0.368 e. The fourth-order valence-corrected chi connectivity index (χ4v) is 2.04. The van der Waals surface area contributed by atoms with Gasteiger partial charge in [-0.05, 0) is 6.07 Å². The van der Waals surface area contributed by atoms with Crippen LogP contribution in [0.25, 0.3) is 0 Å². The SMILES string of the molecule is O=C(c1cnccn1)N1CCOC(c2ccn[nH]2)C1. The van der Waals surface area contributed by atoms with Crippen molar-refractivity contribution in [2.75, 3.05) is 19.7 Å². The number of aromatic nitrogens is 4. The smallest absolute Gasteiger partial charge is 0.274 e. The molecule has 0 saturated carbocycles. The molecule has 1 N–H and O–H groups in total. The minimum absolute atomic E-state index is 0.124. The zero-order valence-corrected chi connectivity index (χ0v) is 10.2. The van der Waals surface area contributed by atoms with Crippen LogP contribution < -0.4 is 0 Å². The Morgan fingerprint density at radius 2 is 2.37 bits per heavy atom. The summed E-state index contributed by atoms with van der Waals surface area (Å²) in [6, 6.07) is 1.85. The molecule has 1 saturated heterocycles. The molecule has 2 aromatic heterocycles. The number of nitrogens with one attached hydrogen (secondary N) is 1. The van der Waals surface area contributed by atoms with E-state index in [1.165, 1.54) is 12.4 Å². The Morgan fingerprint density at radius 1 is 1.42 bits per heavy atom. The van der Waals surface area contributed by atoms with E-state index >= 15 is 0 Å². The van der Waals surface area contributed by atoms with Crippen LogP contribution >= 0.6 is 0 Å². The molecule has 0 aromatic carbocycles. The molecule has 7 heteroatoms.